The number of anilines is 1. The lowest BCUT2D eigenvalue weighted by molar-refractivity contribution is -0.137. The maximum Gasteiger partial charge on any atom is 0.416 e. The van der Waals surface area contributed by atoms with E-state index in [1.54, 1.807) is 45.7 Å². The molecule has 0 amide bonds. The van der Waals surface area contributed by atoms with Crippen LogP contribution in [0.1, 0.15) is 42.4 Å². The number of pyridine rings is 1. The molecular weight excluding hydrogens is 553 g/mol. The summed E-state index contributed by atoms with van der Waals surface area (Å²) in [7, 11) is 0. The summed E-state index contributed by atoms with van der Waals surface area (Å²) in [5.41, 5.74) is 4.17. The Balaban J connectivity index is 1.41. The number of rotatable bonds is 8. The minimum Gasteiger partial charge on any atom is -0.353 e. The summed E-state index contributed by atoms with van der Waals surface area (Å²) in [4.78, 5) is 4.74. The van der Waals surface area contributed by atoms with E-state index in [1.807, 2.05) is 19.2 Å². The SMILES string of the molecule is Cc1c(-c2ccnn2-c2ccc(C#N)cc2)cn2nc(NCCCC3CCNCC3)nc2c1-c1cccc(C(F)(F)F)c1. The predicted molar refractivity (Wildman–Crippen MR) is 159 cm³/mol. The fourth-order valence-electron chi connectivity index (χ4n) is 5.79. The van der Waals surface area contributed by atoms with Crippen molar-refractivity contribution in [1.29, 1.82) is 5.26 Å². The molecular formula is C32H31F3N8. The van der Waals surface area contributed by atoms with E-state index >= 15 is 0 Å². The van der Waals surface area contributed by atoms with Crippen LogP contribution in [0.5, 0.6) is 0 Å². The molecule has 2 aromatic carbocycles. The van der Waals surface area contributed by atoms with Crippen molar-refractivity contribution in [3.05, 3.63) is 83.7 Å². The molecule has 1 fully saturated rings. The van der Waals surface area contributed by atoms with Gasteiger partial charge >= 0.3 is 6.18 Å². The Morgan fingerprint density at radius 3 is 2.63 bits per heavy atom. The Bertz CT molecular complexity index is 1770. The van der Waals surface area contributed by atoms with E-state index in [-0.39, 0.29) is 0 Å². The molecule has 2 N–H and O–H groups in total. The first-order valence-corrected chi connectivity index (χ1v) is 14.4. The molecule has 0 bridgehead atoms. The van der Waals surface area contributed by atoms with Crippen molar-refractivity contribution in [3.8, 4) is 34.1 Å². The molecule has 0 unspecified atom stereocenters. The molecule has 0 atom stereocenters. The fraction of sp³-hybridized carbons (Fsp3) is 0.312. The molecule has 5 aromatic rings. The second-order valence-corrected chi connectivity index (χ2v) is 10.9. The van der Waals surface area contributed by atoms with Crippen LogP contribution in [0, 0.1) is 24.2 Å². The highest BCUT2D eigenvalue weighted by Gasteiger charge is 2.31. The van der Waals surface area contributed by atoms with Gasteiger partial charge in [-0.15, -0.1) is 5.10 Å². The highest BCUT2D eigenvalue weighted by Crippen LogP contribution is 2.38. The van der Waals surface area contributed by atoms with Crippen molar-refractivity contribution in [2.75, 3.05) is 25.0 Å². The third-order valence-electron chi connectivity index (χ3n) is 8.05. The normalized spacial score (nSPS) is 14.2. The number of hydrogen-bond acceptors (Lipinski definition) is 6. The molecule has 6 rings (SSSR count). The Morgan fingerprint density at radius 2 is 1.88 bits per heavy atom. The minimum absolute atomic E-state index is 0.397. The van der Waals surface area contributed by atoms with Crippen LogP contribution >= 0.6 is 0 Å². The second kappa shape index (κ2) is 11.9. The van der Waals surface area contributed by atoms with Gasteiger partial charge in [-0.25, -0.2) is 9.20 Å². The van der Waals surface area contributed by atoms with Gasteiger partial charge in [0.2, 0.25) is 5.95 Å². The van der Waals surface area contributed by atoms with Crippen LogP contribution in [0.2, 0.25) is 0 Å². The summed E-state index contributed by atoms with van der Waals surface area (Å²) in [6.07, 6.45) is 3.50. The van der Waals surface area contributed by atoms with Crippen LogP contribution in [0.15, 0.2) is 67.0 Å². The Kier molecular flexibility index (Phi) is 7.86. The zero-order valence-corrected chi connectivity index (χ0v) is 23.7. The molecule has 1 aliphatic rings. The Morgan fingerprint density at radius 1 is 1.09 bits per heavy atom. The number of hydrogen-bond donors (Lipinski definition) is 2. The topological polar surface area (TPSA) is 95.9 Å². The van der Waals surface area contributed by atoms with E-state index < -0.39 is 11.7 Å². The lowest BCUT2D eigenvalue weighted by Gasteiger charge is -2.22. The van der Waals surface area contributed by atoms with Gasteiger partial charge in [-0.3, -0.25) is 0 Å². The van der Waals surface area contributed by atoms with Crippen LogP contribution in [-0.4, -0.2) is 44.0 Å². The summed E-state index contributed by atoms with van der Waals surface area (Å²) in [5.74, 6) is 1.14. The monoisotopic (exact) mass is 584 g/mol. The van der Waals surface area contributed by atoms with E-state index in [0.29, 0.717) is 34.8 Å². The van der Waals surface area contributed by atoms with Gasteiger partial charge in [0.1, 0.15) is 0 Å². The van der Waals surface area contributed by atoms with Crippen molar-refractivity contribution < 1.29 is 13.2 Å². The molecule has 4 heterocycles. The van der Waals surface area contributed by atoms with Crippen molar-refractivity contribution in [2.45, 2.75) is 38.8 Å². The number of benzene rings is 2. The highest BCUT2D eigenvalue weighted by atomic mass is 19.4. The first-order chi connectivity index (χ1) is 20.8. The average Bonchev–Trinajstić information content (AvgIpc) is 3.66. The summed E-state index contributed by atoms with van der Waals surface area (Å²) >= 11 is 0. The number of nitriles is 1. The van der Waals surface area contributed by atoms with Gasteiger partial charge in [-0.2, -0.15) is 28.5 Å². The lowest BCUT2D eigenvalue weighted by atomic mass is 9.93. The van der Waals surface area contributed by atoms with Gasteiger partial charge in [0.05, 0.1) is 34.8 Å². The molecule has 1 aliphatic heterocycles. The minimum atomic E-state index is -4.49. The number of nitrogens with zero attached hydrogens (tertiary/aromatic N) is 6. The quantitative estimate of drug-likeness (QED) is 0.199. The summed E-state index contributed by atoms with van der Waals surface area (Å²) in [6, 6.07) is 16.3. The molecule has 43 heavy (non-hydrogen) atoms. The number of halogens is 3. The highest BCUT2D eigenvalue weighted by molar-refractivity contribution is 5.86. The van der Waals surface area contributed by atoms with Gasteiger partial charge in [0.25, 0.3) is 0 Å². The van der Waals surface area contributed by atoms with Gasteiger partial charge in [-0.1, -0.05) is 12.1 Å². The maximum atomic E-state index is 13.7. The van der Waals surface area contributed by atoms with Crippen LogP contribution in [0.25, 0.3) is 33.7 Å². The Labute approximate surface area is 247 Å². The van der Waals surface area contributed by atoms with Gasteiger partial charge in [0, 0.05) is 23.9 Å². The van der Waals surface area contributed by atoms with Crippen LogP contribution in [0.4, 0.5) is 19.1 Å². The van der Waals surface area contributed by atoms with Crippen molar-refractivity contribution >= 4 is 11.6 Å². The predicted octanol–water partition coefficient (Wildman–Crippen LogP) is 6.64. The smallest absolute Gasteiger partial charge is 0.353 e. The number of piperidine rings is 1. The summed E-state index contributed by atoms with van der Waals surface area (Å²) < 4.78 is 44.6. The van der Waals surface area contributed by atoms with Crippen LogP contribution in [-0.2, 0) is 6.18 Å². The maximum absolute atomic E-state index is 13.7. The molecule has 0 saturated carbocycles. The number of fused-ring (bicyclic) bond motifs is 1. The molecule has 220 valence electrons. The van der Waals surface area contributed by atoms with Crippen LogP contribution in [0.3, 0.4) is 0 Å². The largest absolute Gasteiger partial charge is 0.416 e. The molecule has 0 spiro atoms. The third-order valence-corrected chi connectivity index (χ3v) is 8.05. The zero-order valence-electron chi connectivity index (χ0n) is 23.7. The van der Waals surface area contributed by atoms with Crippen LogP contribution < -0.4 is 10.6 Å². The van der Waals surface area contributed by atoms with Crippen molar-refractivity contribution in [2.24, 2.45) is 5.92 Å². The van der Waals surface area contributed by atoms with E-state index in [9.17, 15) is 18.4 Å². The molecule has 11 heteroatoms. The summed E-state index contributed by atoms with van der Waals surface area (Å²) in [5, 5.41) is 25.1. The molecule has 8 nitrogen and oxygen atoms in total. The lowest BCUT2D eigenvalue weighted by Crippen LogP contribution is -2.27. The van der Waals surface area contributed by atoms with Gasteiger partial charge in [0.15, 0.2) is 5.65 Å². The molecule has 1 saturated heterocycles. The standard InChI is InChI=1S/C32H31F3N8/c1-21-27(28-13-17-39-43(28)26-9-7-23(19-36)8-10-26)20-42-30(29(21)24-5-2-6-25(18-24)32(33,34)35)40-31(41-42)38-14-3-4-22-11-15-37-16-12-22/h2,5-10,13,17-18,20,22,37H,3-4,11-12,14-16H2,1H3,(H,38,41). The van der Waals surface area contributed by atoms with Gasteiger partial charge < -0.3 is 10.6 Å². The van der Waals surface area contributed by atoms with Gasteiger partial charge in [-0.05, 0) is 105 Å². The molecule has 0 aliphatic carbocycles. The third kappa shape index (κ3) is 5.96. The molecule has 3 aromatic heterocycles. The van der Waals surface area contributed by atoms with E-state index in [1.165, 1.54) is 18.9 Å². The average molecular weight is 585 g/mol. The zero-order chi connectivity index (χ0) is 30.0. The second-order valence-electron chi connectivity index (χ2n) is 10.9. The number of nitrogens with one attached hydrogen (secondary N) is 2. The van der Waals surface area contributed by atoms with Crippen molar-refractivity contribution in [3.63, 3.8) is 0 Å². The first kappa shape index (κ1) is 28.4. The van der Waals surface area contributed by atoms with E-state index in [4.69, 9.17) is 4.98 Å². The fourth-order valence-corrected chi connectivity index (χ4v) is 5.79. The first-order valence-electron chi connectivity index (χ1n) is 14.4. The van der Waals surface area contributed by atoms with E-state index in [2.05, 4.69) is 26.9 Å². The number of aromatic nitrogens is 5. The Hall–Kier alpha value is -4.69. The summed E-state index contributed by atoms with van der Waals surface area (Å²) in [6.45, 7) is 4.71. The van der Waals surface area contributed by atoms with Crippen molar-refractivity contribution in [1.82, 2.24) is 29.7 Å². The molecule has 0 radical (unpaired) electrons. The number of alkyl halides is 3. The van der Waals surface area contributed by atoms with E-state index in [0.717, 1.165) is 66.5 Å².